The average molecular weight is 366 g/mol. The van der Waals surface area contributed by atoms with E-state index in [1.807, 2.05) is 0 Å². The Bertz CT molecular complexity index is 739. The number of rotatable bonds is 3. The van der Waals surface area contributed by atoms with Crippen molar-refractivity contribution in [2.75, 3.05) is 23.7 Å². The van der Waals surface area contributed by atoms with Gasteiger partial charge in [0.1, 0.15) is 0 Å². The Morgan fingerprint density at radius 3 is 2.72 bits per heavy atom. The first-order valence-corrected chi connectivity index (χ1v) is 8.56. The molecule has 0 aromatic heterocycles. The number of hydrogen-bond donors (Lipinski definition) is 3. The van der Waals surface area contributed by atoms with Crippen LogP contribution < -0.4 is 10.6 Å². The minimum atomic E-state index is -0.823. The van der Waals surface area contributed by atoms with Gasteiger partial charge in [0, 0.05) is 25.7 Å². The highest BCUT2D eigenvalue weighted by molar-refractivity contribution is 6.33. The van der Waals surface area contributed by atoms with Crippen LogP contribution in [0.15, 0.2) is 18.2 Å². The van der Waals surface area contributed by atoms with E-state index in [0.29, 0.717) is 29.4 Å². The third-order valence-corrected chi connectivity index (χ3v) is 5.44. The van der Waals surface area contributed by atoms with Crippen LogP contribution in [-0.2, 0) is 9.59 Å². The van der Waals surface area contributed by atoms with Gasteiger partial charge in [-0.05, 0) is 37.0 Å². The summed E-state index contributed by atoms with van der Waals surface area (Å²) in [6.07, 6.45) is 2.32. The Balaban J connectivity index is 1.73. The molecule has 25 heavy (non-hydrogen) atoms. The molecule has 3 amide bonds. The van der Waals surface area contributed by atoms with Crippen LogP contribution >= 0.6 is 11.6 Å². The van der Waals surface area contributed by atoms with Gasteiger partial charge in [-0.1, -0.05) is 18.0 Å². The fraction of sp³-hybridized carbons (Fsp3) is 0.471. The lowest BCUT2D eigenvalue weighted by Gasteiger charge is -2.23. The number of fused-ring (bicyclic) bond motifs is 1. The van der Waals surface area contributed by atoms with E-state index >= 15 is 0 Å². The van der Waals surface area contributed by atoms with Crippen molar-refractivity contribution in [3.05, 3.63) is 23.2 Å². The highest BCUT2D eigenvalue weighted by Gasteiger charge is 2.55. The zero-order chi connectivity index (χ0) is 18.2. The van der Waals surface area contributed by atoms with E-state index in [0.717, 1.165) is 12.8 Å². The van der Waals surface area contributed by atoms with E-state index in [1.54, 1.807) is 23.1 Å². The number of amides is 3. The van der Waals surface area contributed by atoms with Crippen LogP contribution in [0.5, 0.6) is 0 Å². The van der Waals surface area contributed by atoms with Crippen LogP contribution in [-0.4, -0.2) is 41.0 Å². The zero-order valence-corrected chi connectivity index (χ0v) is 14.6. The summed E-state index contributed by atoms with van der Waals surface area (Å²) in [5, 5.41) is 15.3. The van der Waals surface area contributed by atoms with Gasteiger partial charge in [-0.2, -0.15) is 0 Å². The van der Waals surface area contributed by atoms with Gasteiger partial charge in [0.2, 0.25) is 5.91 Å². The van der Waals surface area contributed by atoms with Crippen LogP contribution in [0.3, 0.4) is 0 Å². The molecule has 134 valence electrons. The lowest BCUT2D eigenvalue weighted by Crippen LogP contribution is -2.38. The number of carboxylic acids is 1. The van der Waals surface area contributed by atoms with E-state index in [2.05, 4.69) is 10.6 Å². The molecule has 2 aliphatic rings. The van der Waals surface area contributed by atoms with Crippen molar-refractivity contribution in [1.29, 1.82) is 0 Å². The molecule has 2 fully saturated rings. The number of nitrogens with one attached hydrogen (secondary N) is 2. The average Bonchev–Trinajstić information content (AvgIpc) is 3.08. The molecular formula is C17H20ClN3O4. The van der Waals surface area contributed by atoms with Gasteiger partial charge in [-0.15, -0.1) is 0 Å². The number of hydrogen-bond acceptors (Lipinski definition) is 3. The molecule has 1 aliphatic carbocycles. The van der Waals surface area contributed by atoms with Gasteiger partial charge < -0.3 is 20.6 Å². The quantitative estimate of drug-likeness (QED) is 0.766. The highest BCUT2D eigenvalue weighted by Crippen LogP contribution is 2.49. The summed E-state index contributed by atoms with van der Waals surface area (Å²) in [4.78, 5) is 37.0. The SMILES string of the molecule is CC(=O)Nc1ccc(Cl)c(NC(=O)N2C[C@@H]3CCC[C@@]3(C(=O)O)C2)c1. The number of nitrogens with zero attached hydrogens (tertiary/aromatic N) is 1. The minimum absolute atomic E-state index is 0.00284. The van der Waals surface area contributed by atoms with E-state index in [9.17, 15) is 19.5 Å². The molecule has 1 aromatic carbocycles. The second-order valence-electron chi connectivity index (χ2n) is 6.74. The summed E-state index contributed by atoms with van der Waals surface area (Å²) in [5.41, 5.74) is 0.0750. The number of anilines is 2. The molecule has 7 nitrogen and oxygen atoms in total. The smallest absolute Gasteiger partial charge is 0.321 e. The lowest BCUT2D eigenvalue weighted by atomic mass is 9.81. The Kier molecular flexibility index (Phi) is 4.60. The number of likely N-dealkylation sites (tertiary alicyclic amines) is 1. The number of aliphatic carboxylic acids is 1. The molecule has 0 bridgehead atoms. The third kappa shape index (κ3) is 3.28. The largest absolute Gasteiger partial charge is 0.481 e. The zero-order valence-electron chi connectivity index (χ0n) is 13.8. The van der Waals surface area contributed by atoms with E-state index in [1.165, 1.54) is 6.92 Å². The van der Waals surface area contributed by atoms with Gasteiger partial charge >= 0.3 is 12.0 Å². The Morgan fingerprint density at radius 1 is 1.32 bits per heavy atom. The van der Waals surface area contributed by atoms with Crippen LogP contribution in [0.25, 0.3) is 0 Å². The number of carbonyl (C=O) groups excluding carboxylic acids is 2. The van der Waals surface area contributed by atoms with Crippen LogP contribution in [0.1, 0.15) is 26.2 Å². The fourth-order valence-corrected chi connectivity index (χ4v) is 4.05. The molecule has 2 atom stereocenters. The number of urea groups is 1. The van der Waals surface area contributed by atoms with Crippen molar-refractivity contribution in [3.8, 4) is 0 Å². The molecule has 0 radical (unpaired) electrons. The van der Waals surface area contributed by atoms with Crippen LogP contribution in [0.4, 0.5) is 16.2 Å². The Morgan fingerprint density at radius 2 is 2.08 bits per heavy atom. The summed E-state index contributed by atoms with van der Waals surface area (Å²) in [5.74, 6) is -1.05. The summed E-state index contributed by atoms with van der Waals surface area (Å²) < 4.78 is 0. The maximum Gasteiger partial charge on any atom is 0.321 e. The highest BCUT2D eigenvalue weighted by atomic mass is 35.5. The standard InChI is InChI=1S/C17H20ClN3O4/c1-10(22)19-12-4-5-13(18)14(7-12)20-16(25)21-8-11-3-2-6-17(11,9-21)15(23)24/h4-5,7,11H,2-3,6,8-9H2,1H3,(H,19,22)(H,20,25)(H,23,24)/t11-,17+/m0/s1. The number of carboxylic acid groups (broad SMARTS) is 1. The van der Waals surface area contributed by atoms with Gasteiger partial charge in [0.25, 0.3) is 0 Å². The van der Waals surface area contributed by atoms with Gasteiger partial charge in [-0.25, -0.2) is 4.79 Å². The van der Waals surface area contributed by atoms with E-state index in [-0.39, 0.29) is 24.4 Å². The van der Waals surface area contributed by atoms with Gasteiger partial charge in [0.15, 0.2) is 0 Å². The number of benzene rings is 1. The summed E-state index contributed by atoms with van der Waals surface area (Å²) in [6.45, 7) is 2.03. The second kappa shape index (κ2) is 6.55. The number of halogens is 1. The normalized spacial score (nSPS) is 24.7. The molecule has 1 aliphatic heterocycles. The maximum absolute atomic E-state index is 12.6. The van der Waals surface area contributed by atoms with Crippen molar-refractivity contribution in [2.45, 2.75) is 26.2 Å². The Labute approximate surface area is 150 Å². The van der Waals surface area contributed by atoms with Gasteiger partial charge in [-0.3, -0.25) is 9.59 Å². The molecule has 0 spiro atoms. The first-order chi connectivity index (χ1) is 11.8. The molecule has 8 heteroatoms. The van der Waals surface area contributed by atoms with Crippen molar-refractivity contribution in [1.82, 2.24) is 4.90 Å². The molecule has 3 N–H and O–H groups in total. The monoisotopic (exact) mass is 365 g/mol. The second-order valence-corrected chi connectivity index (χ2v) is 7.14. The van der Waals surface area contributed by atoms with Crippen molar-refractivity contribution < 1.29 is 19.5 Å². The fourth-order valence-electron chi connectivity index (χ4n) is 3.89. The van der Waals surface area contributed by atoms with Crippen LogP contribution in [0.2, 0.25) is 5.02 Å². The van der Waals surface area contributed by atoms with E-state index < -0.39 is 11.4 Å². The van der Waals surface area contributed by atoms with Gasteiger partial charge in [0.05, 0.1) is 16.1 Å². The lowest BCUT2D eigenvalue weighted by molar-refractivity contribution is -0.149. The molecular weight excluding hydrogens is 346 g/mol. The maximum atomic E-state index is 12.6. The third-order valence-electron chi connectivity index (χ3n) is 5.11. The Hall–Kier alpha value is -2.28. The molecule has 3 rings (SSSR count). The van der Waals surface area contributed by atoms with Crippen LogP contribution in [0, 0.1) is 11.3 Å². The molecule has 1 saturated heterocycles. The summed E-state index contributed by atoms with van der Waals surface area (Å²) >= 11 is 6.12. The molecule has 1 aromatic rings. The first-order valence-electron chi connectivity index (χ1n) is 8.18. The first kappa shape index (κ1) is 17.5. The predicted molar refractivity (Wildman–Crippen MR) is 93.8 cm³/mol. The number of carbonyl (C=O) groups is 3. The molecule has 1 heterocycles. The van der Waals surface area contributed by atoms with Crippen molar-refractivity contribution in [2.24, 2.45) is 11.3 Å². The summed E-state index contributed by atoms with van der Waals surface area (Å²) in [7, 11) is 0. The minimum Gasteiger partial charge on any atom is -0.481 e. The topological polar surface area (TPSA) is 98.7 Å². The van der Waals surface area contributed by atoms with E-state index in [4.69, 9.17) is 11.6 Å². The predicted octanol–water partition coefficient (Wildman–Crippen LogP) is 3.02. The van der Waals surface area contributed by atoms with Crippen molar-refractivity contribution in [3.63, 3.8) is 0 Å². The molecule has 0 unspecified atom stereocenters. The van der Waals surface area contributed by atoms with Crippen molar-refractivity contribution >= 4 is 40.9 Å². The molecule has 1 saturated carbocycles. The summed E-state index contributed by atoms with van der Waals surface area (Å²) in [6, 6.07) is 4.42.